The Morgan fingerprint density at radius 1 is 1.43 bits per heavy atom. The summed E-state index contributed by atoms with van der Waals surface area (Å²) in [5.41, 5.74) is 2.90. The Bertz CT molecular complexity index is 499. The second kappa shape index (κ2) is 6.94. The van der Waals surface area contributed by atoms with Gasteiger partial charge in [-0.1, -0.05) is 0 Å². The molecule has 1 heterocycles. The lowest BCUT2D eigenvalue weighted by Crippen LogP contribution is -2.33. The lowest BCUT2D eigenvalue weighted by molar-refractivity contribution is 0.0947. The molecule has 2 N–H and O–H groups in total. The summed E-state index contributed by atoms with van der Waals surface area (Å²) in [5, 5.41) is 6.20. The summed E-state index contributed by atoms with van der Waals surface area (Å²) in [5.74, 6) is 0.609. The van der Waals surface area contributed by atoms with Crippen molar-refractivity contribution in [2.24, 2.45) is 5.92 Å². The highest BCUT2D eigenvalue weighted by atomic mass is 16.1. The van der Waals surface area contributed by atoms with Crippen LogP contribution in [0.1, 0.15) is 36.2 Å². The Morgan fingerprint density at radius 2 is 2.19 bits per heavy atom. The number of benzene rings is 1. The topological polar surface area (TPSA) is 44.4 Å². The van der Waals surface area contributed by atoms with Gasteiger partial charge in [0.15, 0.2) is 0 Å². The molecule has 0 bridgehead atoms. The molecule has 0 spiro atoms. The molecule has 4 nitrogen and oxygen atoms in total. The fraction of sp³-hybridized carbons (Fsp3) is 0.588. The van der Waals surface area contributed by atoms with Crippen LogP contribution in [-0.4, -0.2) is 43.5 Å². The number of likely N-dealkylation sites (tertiary alicyclic amines) is 1. The minimum atomic E-state index is 0.0312. The van der Waals surface area contributed by atoms with Gasteiger partial charge in [0, 0.05) is 37.4 Å². The third-order valence-electron chi connectivity index (χ3n) is 4.36. The molecule has 2 rings (SSSR count). The molecular formula is C17H27N3O. The highest BCUT2D eigenvalue weighted by Crippen LogP contribution is 2.18. The molecule has 1 saturated heterocycles. The van der Waals surface area contributed by atoms with Gasteiger partial charge in [0.05, 0.1) is 0 Å². The van der Waals surface area contributed by atoms with Crippen molar-refractivity contribution in [3.05, 3.63) is 29.3 Å². The first-order chi connectivity index (χ1) is 10.0. The lowest BCUT2D eigenvalue weighted by atomic mass is 10.1. The predicted octanol–water partition coefficient (Wildman–Crippen LogP) is 2.50. The fourth-order valence-electron chi connectivity index (χ4n) is 2.92. The van der Waals surface area contributed by atoms with Crippen molar-refractivity contribution < 1.29 is 4.79 Å². The maximum Gasteiger partial charge on any atom is 0.251 e. The zero-order chi connectivity index (χ0) is 15.4. The first-order valence-electron chi connectivity index (χ1n) is 7.82. The second-order valence-corrected chi connectivity index (χ2v) is 6.23. The van der Waals surface area contributed by atoms with E-state index in [0.717, 1.165) is 36.4 Å². The maximum atomic E-state index is 12.2. The van der Waals surface area contributed by atoms with Crippen LogP contribution in [-0.2, 0) is 0 Å². The van der Waals surface area contributed by atoms with E-state index >= 15 is 0 Å². The Morgan fingerprint density at radius 3 is 2.76 bits per heavy atom. The first kappa shape index (κ1) is 15.8. The molecule has 0 aromatic heterocycles. The maximum absolute atomic E-state index is 12.2. The van der Waals surface area contributed by atoms with E-state index in [0.29, 0.717) is 12.0 Å². The van der Waals surface area contributed by atoms with Gasteiger partial charge in [-0.25, -0.2) is 0 Å². The van der Waals surface area contributed by atoms with E-state index in [2.05, 4.69) is 29.4 Å². The Labute approximate surface area is 127 Å². The van der Waals surface area contributed by atoms with Gasteiger partial charge in [-0.3, -0.25) is 4.79 Å². The highest BCUT2D eigenvalue weighted by molar-refractivity contribution is 5.94. The summed E-state index contributed by atoms with van der Waals surface area (Å²) in [7, 11) is 1.89. The molecule has 1 aliphatic rings. The van der Waals surface area contributed by atoms with E-state index in [-0.39, 0.29) is 5.91 Å². The molecule has 0 saturated carbocycles. The Hall–Kier alpha value is -1.55. The summed E-state index contributed by atoms with van der Waals surface area (Å²) < 4.78 is 0. The second-order valence-electron chi connectivity index (χ2n) is 6.23. The molecule has 0 aliphatic carbocycles. The lowest BCUT2D eigenvalue weighted by Gasteiger charge is -2.20. The van der Waals surface area contributed by atoms with Gasteiger partial charge in [-0.2, -0.15) is 0 Å². The van der Waals surface area contributed by atoms with Crippen LogP contribution in [0.4, 0.5) is 5.69 Å². The predicted molar refractivity (Wildman–Crippen MR) is 87.9 cm³/mol. The van der Waals surface area contributed by atoms with E-state index in [1.165, 1.54) is 6.42 Å². The first-order valence-corrected chi connectivity index (χ1v) is 7.82. The Balaban J connectivity index is 1.86. The zero-order valence-electron chi connectivity index (χ0n) is 13.6. The van der Waals surface area contributed by atoms with Crippen LogP contribution in [0.3, 0.4) is 0 Å². The van der Waals surface area contributed by atoms with Crippen LogP contribution in [0.15, 0.2) is 18.2 Å². The van der Waals surface area contributed by atoms with Crippen molar-refractivity contribution >= 4 is 11.6 Å². The monoisotopic (exact) mass is 289 g/mol. The largest absolute Gasteiger partial charge is 0.388 e. The smallest absolute Gasteiger partial charge is 0.251 e. The summed E-state index contributed by atoms with van der Waals surface area (Å²) in [6.07, 6.45) is 1.18. The molecule has 1 aliphatic heterocycles. The standard InChI is InChI=1S/C17H27N3O/c1-12(2)20-8-7-14(11-20)10-19-17(21)15-5-6-16(18-4)13(3)9-15/h5-6,9,12,14,18H,7-8,10-11H2,1-4H3,(H,19,21). The van der Waals surface area contributed by atoms with Crippen LogP contribution in [0, 0.1) is 12.8 Å². The molecule has 1 fully saturated rings. The zero-order valence-corrected chi connectivity index (χ0v) is 13.6. The normalized spacial score (nSPS) is 19.0. The summed E-state index contributed by atoms with van der Waals surface area (Å²) >= 11 is 0. The average molecular weight is 289 g/mol. The van der Waals surface area contributed by atoms with Crippen LogP contribution >= 0.6 is 0 Å². The number of amides is 1. The number of carbonyl (C=O) groups excluding carboxylic acids is 1. The Kier molecular flexibility index (Phi) is 5.23. The molecule has 0 radical (unpaired) electrons. The molecule has 1 aromatic rings. The van der Waals surface area contributed by atoms with Crippen molar-refractivity contribution in [1.82, 2.24) is 10.2 Å². The van der Waals surface area contributed by atoms with Gasteiger partial charge < -0.3 is 15.5 Å². The molecular weight excluding hydrogens is 262 g/mol. The van der Waals surface area contributed by atoms with Crippen LogP contribution in [0.5, 0.6) is 0 Å². The van der Waals surface area contributed by atoms with Crippen molar-refractivity contribution in [3.8, 4) is 0 Å². The summed E-state index contributed by atoms with van der Waals surface area (Å²) in [6.45, 7) is 9.49. The number of nitrogens with zero attached hydrogens (tertiary/aromatic N) is 1. The number of aryl methyl sites for hydroxylation is 1. The number of nitrogens with one attached hydrogen (secondary N) is 2. The molecule has 116 valence electrons. The minimum absolute atomic E-state index is 0.0312. The number of hydrogen-bond acceptors (Lipinski definition) is 3. The van der Waals surface area contributed by atoms with Crippen LogP contribution in [0.25, 0.3) is 0 Å². The van der Waals surface area contributed by atoms with Crippen molar-refractivity contribution in [1.29, 1.82) is 0 Å². The van der Waals surface area contributed by atoms with E-state index in [4.69, 9.17) is 0 Å². The molecule has 21 heavy (non-hydrogen) atoms. The number of hydrogen-bond donors (Lipinski definition) is 2. The molecule has 1 unspecified atom stereocenters. The van der Waals surface area contributed by atoms with Gasteiger partial charge in [0.1, 0.15) is 0 Å². The van der Waals surface area contributed by atoms with Gasteiger partial charge in [-0.15, -0.1) is 0 Å². The molecule has 4 heteroatoms. The highest BCUT2D eigenvalue weighted by Gasteiger charge is 2.24. The SMILES string of the molecule is CNc1ccc(C(=O)NCC2CCN(C(C)C)C2)cc1C. The number of carbonyl (C=O) groups is 1. The summed E-state index contributed by atoms with van der Waals surface area (Å²) in [6, 6.07) is 6.38. The number of rotatable bonds is 5. The van der Waals surface area contributed by atoms with Gasteiger partial charge in [0.2, 0.25) is 0 Å². The molecule has 1 amide bonds. The van der Waals surface area contributed by atoms with Gasteiger partial charge >= 0.3 is 0 Å². The van der Waals surface area contributed by atoms with Crippen molar-refractivity contribution in [2.45, 2.75) is 33.2 Å². The van der Waals surface area contributed by atoms with E-state index in [1.54, 1.807) is 0 Å². The van der Waals surface area contributed by atoms with Crippen molar-refractivity contribution in [2.75, 3.05) is 32.0 Å². The van der Waals surface area contributed by atoms with Crippen molar-refractivity contribution in [3.63, 3.8) is 0 Å². The van der Waals surface area contributed by atoms with Crippen LogP contribution in [0.2, 0.25) is 0 Å². The van der Waals surface area contributed by atoms with E-state index in [1.807, 2.05) is 32.2 Å². The quantitative estimate of drug-likeness (QED) is 0.875. The van der Waals surface area contributed by atoms with E-state index < -0.39 is 0 Å². The fourth-order valence-corrected chi connectivity index (χ4v) is 2.92. The number of anilines is 1. The van der Waals surface area contributed by atoms with E-state index in [9.17, 15) is 4.79 Å². The van der Waals surface area contributed by atoms with Gasteiger partial charge in [0.25, 0.3) is 5.91 Å². The summed E-state index contributed by atoms with van der Waals surface area (Å²) in [4.78, 5) is 14.7. The third kappa shape index (κ3) is 3.97. The van der Waals surface area contributed by atoms with Crippen LogP contribution < -0.4 is 10.6 Å². The molecule has 1 aromatic carbocycles. The average Bonchev–Trinajstić information content (AvgIpc) is 2.93. The minimum Gasteiger partial charge on any atom is -0.388 e. The third-order valence-corrected chi connectivity index (χ3v) is 4.36. The molecule has 1 atom stereocenters. The van der Waals surface area contributed by atoms with Gasteiger partial charge in [-0.05, 0) is 63.4 Å².